The van der Waals surface area contributed by atoms with Gasteiger partial charge in [-0.1, -0.05) is 0 Å². The lowest BCUT2D eigenvalue weighted by atomic mass is 9.95. The van der Waals surface area contributed by atoms with Crippen LogP contribution < -0.4 is 0 Å². The summed E-state index contributed by atoms with van der Waals surface area (Å²) in [6.07, 6.45) is 5.72. The van der Waals surface area contributed by atoms with Crippen LogP contribution in [0.2, 0.25) is 0 Å². The molecule has 2 aliphatic rings. The molecule has 0 aromatic heterocycles. The largest absolute Gasteiger partial charge is 0.303 e. The third-order valence-corrected chi connectivity index (χ3v) is 4.10. The summed E-state index contributed by atoms with van der Waals surface area (Å²) in [5, 5.41) is 0. The van der Waals surface area contributed by atoms with E-state index in [9.17, 15) is 0 Å². The zero-order valence-electron chi connectivity index (χ0n) is 10.6. The van der Waals surface area contributed by atoms with E-state index in [4.69, 9.17) is 0 Å². The highest BCUT2D eigenvalue weighted by Crippen LogP contribution is 2.28. The third kappa shape index (κ3) is 3.18. The number of likely N-dealkylation sites (tertiary alicyclic amines) is 1. The molecule has 1 aliphatic carbocycles. The van der Waals surface area contributed by atoms with Crippen molar-refractivity contribution in [1.82, 2.24) is 9.80 Å². The minimum atomic E-state index is 0.743. The summed E-state index contributed by atoms with van der Waals surface area (Å²) in [4.78, 5) is 5.21. The monoisotopic (exact) mass is 210 g/mol. The second kappa shape index (κ2) is 4.84. The first-order chi connectivity index (χ1) is 7.16. The van der Waals surface area contributed by atoms with E-state index in [1.54, 1.807) is 0 Å². The summed E-state index contributed by atoms with van der Waals surface area (Å²) >= 11 is 0. The smallest absolute Gasteiger partial charge is 0.00934 e. The maximum atomic E-state index is 2.62. The highest BCUT2D eigenvalue weighted by atomic mass is 15.2. The lowest BCUT2D eigenvalue weighted by Crippen LogP contribution is -2.41. The zero-order chi connectivity index (χ0) is 10.8. The SMILES string of the molecule is CC(C)N1CCC(CN(C)C2CC2)CC1. The van der Waals surface area contributed by atoms with E-state index in [0.717, 1.165) is 18.0 Å². The van der Waals surface area contributed by atoms with Crippen LogP contribution in [-0.2, 0) is 0 Å². The molecular weight excluding hydrogens is 184 g/mol. The first-order valence-electron chi connectivity index (χ1n) is 6.61. The van der Waals surface area contributed by atoms with Crippen molar-refractivity contribution in [2.75, 3.05) is 26.7 Å². The van der Waals surface area contributed by atoms with Crippen molar-refractivity contribution in [2.45, 2.75) is 51.6 Å². The molecule has 0 bridgehead atoms. The Morgan fingerprint density at radius 2 is 1.73 bits per heavy atom. The van der Waals surface area contributed by atoms with Crippen LogP contribution in [0.3, 0.4) is 0 Å². The molecule has 2 heteroatoms. The summed E-state index contributed by atoms with van der Waals surface area (Å²) in [6, 6.07) is 1.68. The maximum absolute atomic E-state index is 2.62. The highest BCUT2D eigenvalue weighted by Gasteiger charge is 2.29. The fourth-order valence-corrected chi connectivity index (χ4v) is 2.72. The number of hydrogen-bond donors (Lipinski definition) is 0. The van der Waals surface area contributed by atoms with Crippen LogP contribution in [0.1, 0.15) is 39.5 Å². The Hall–Kier alpha value is -0.0800. The topological polar surface area (TPSA) is 6.48 Å². The van der Waals surface area contributed by atoms with E-state index >= 15 is 0 Å². The molecular formula is C13H26N2. The van der Waals surface area contributed by atoms with Crippen molar-refractivity contribution in [1.29, 1.82) is 0 Å². The van der Waals surface area contributed by atoms with Gasteiger partial charge >= 0.3 is 0 Å². The van der Waals surface area contributed by atoms with Crippen molar-refractivity contribution in [2.24, 2.45) is 5.92 Å². The number of nitrogens with zero attached hydrogens (tertiary/aromatic N) is 2. The van der Waals surface area contributed by atoms with Gasteiger partial charge < -0.3 is 9.80 Å². The molecule has 0 amide bonds. The van der Waals surface area contributed by atoms with Crippen LogP contribution in [-0.4, -0.2) is 48.6 Å². The van der Waals surface area contributed by atoms with Crippen LogP contribution in [0.5, 0.6) is 0 Å². The van der Waals surface area contributed by atoms with Gasteiger partial charge in [-0.15, -0.1) is 0 Å². The van der Waals surface area contributed by atoms with Gasteiger partial charge in [0.2, 0.25) is 0 Å². The van der Waals surface area contributed by atoms with Gasteiger partial charge in [-0.3, -0.25) is 0 Å². The van der Waals surface area contributed by atoms with Gasteiger partial charge in [-0.05, 0) is 65.6 Å². The summed E-state index contributed by atoms with van der Waals surface area (Å²) in [5.74, 6) is 0.964. The molecule has 15 heavy (non-hydrogen) atoms. The number of piperidine rings is 1. The zero-order valence-corrected chi connectivity index (χ0v) is 10.6. The minimum Gasteiger partial charge on any atom is -0.303 e. The van der Waals surface area contributed by atoms with Gasteiger partial charge in [0.1, 0.15) is 0 Å². The van der Waals surface area contributed by atoms with Gasteiger partial charge in [-0.2, -0.15) is 0 Å². The normalized spacial score (nSPS) is 25.4. The Morgan fingerprint density at radius 1 is 1.13 bits per heavy atom. The van der Waals surface area contributed by atoms with Crippen LogP contribution >= 0.6 is 0 Å². The fourth-order valence-electron chi connectivity index (χ4n) is 2.72. The van der Waals surface area contributed by atoms with E-state index in [1.807, 2.05) is 0 Å². The molecule has 0 radical (unpaired) electrons. The number of rotatable bonds is 4. The molecule has 1 heterocycles. The van der Waals surface area contributed by atoms with Crippen LogP contribution in [0.15, 0.2) is 0 Å². The Bertz CT molecular complexity index is 191. The van der Waals surface area contributed by atoms with Crippen LogP contribution in [0.4, 0.5) is 0 Å². The summed E-state index contributed by atoms with van der Waals surface area (Å²) in [7, 11) is 2.31. The molecule has 0 spiro atoms. The molecule has 1 saturated carbocycles. The lowest BCUT2D eigenvalue weighted by Gasteiger charge is -2.36. The van der Waals surface area contributed by atoms with Gasteiger partial charge in [0.25, 0.3) is 0 Å². The van der Waals surface area contributed by atoms with Gasteiger partial charge in [-0.25, -0.2) is 0 Å². The Kier molecular flexibility index (Phi) is 3.68. The average Bonchev–Trinajstić information content (AvgIpc) is 3.01. The molecule has 2 rings (SSSR count). The van der Waals surface area contributed by atoms with Crippen molar-refractivity contribution in [3.05, 3.63) is 0 Å². The lowest BCUT2D eigenvalue weighted by molar-refractivity contribution is 0.127. The van der Waals surface area contributed by atoms with E-state index in [1.165, 1.54) is 45.3 Å². The van der Waals surface area contributed by atoms with Gasteiger partial charge in [0.05, 0.1) is 0 Å². The molecule has 0 aromatic carbocycles. The molecule has 1 saturated heterocycles. The predicted octanol–water partition coefficient (Wildman–Crippen LogP) is 2.20. The molecule has 0 aromatic rings. The van der Waals surface area contributed by atoms with Crippen LogP contribution in [0, 0.1) is 5.92 Å². The molecule has 2 nitrogen and oxygen atoms in total. The quantitative estimate of drug-likeness (QED) is 0.702. The Morgan fingerprint density at radius 3 is 2.20 bits per heavy atom. The number of hydrogen-bond acceptors (Lipinski definition) is 2. The predicted molar refractivity (Wildman–Crippen MR) is 65.1 cm³/mol. The first-order valence-corrected chi connectivity index (χ1v) is 6.61. The summed E-state index contributed by atoms with van der Waals surface area (Å²) in [6.45, 7) is 8.62. The minimum absolute atomic E-state index is 0.743. The van der Waals surface area contributed by atoms with Crippen molar-refractivity contribution in [3.8, 4) is 0 Å². The third-order valence-electron chi connectivity index (χ3n) is 4.10. The molecule has 2 fully saturated rings. The highest BCUT2D eigenvalue weighted by molar-refractivity contribution is 4.85. The van der Waals surface area contributed by atoms with Crippen molar-refractivity contribution in [3.63, 3.8) is 0 Å². The van der Waals surface area contributed by atoms with E-state index in [0.29, 0.717) is 0 Å². The van der Waals surface area contributed by atoms with Gasteiger partial charge in [0, 0.05) is 18.6 Å². The van der Waals surface area contributed by atoms with Crippen LogP contribution in [0.25, 0.3) is 0 Å². The van der Waals surface area contributed by atoms with Crippen molar-refractivity contribution >= 4 is 0 Å². The second-order valence-electron chi connectivity index (χ2n) is 5.74. The average molecular weight is 210 g/mol. The molecule has 0 N–H and O–H groups in total. The molecule has 1 aliphatic heterocycles. The summed E-state index contributed by atoms with van der Waals surface area (Å²) in [5.41, 5.74) is 0. The second-order valence-corrected chi connectivity index (χ2v) is 5.74. The maximum Gasteiger partial charge on any atom is 0.00934 e. The van der Waals surface area contributed by atoms with E-state index in [-0.39, 0.29) is 0 Å². The molecule has 0 atom stereocenters. The van der Waals surface area contributed by atoms with Gasteiger partial charge in [0.15, 0.2) is 0 Å². The van der Waals surface area contributed by atoms with Crippen molar-refractivity contribution < 1.29 is 0 Å². The Labute approximate surface area is 94.6 Å². The molecule has 88 valence electrons. The Balaban J connectivity index is 1.68. The van der Waals surface area contributed by atoms with E-state index < -0.39 is 0 Å². The fraction of sp³-hybridized carbons (Fsp3) is 1.00. The molecule has 0 unspecified atom stereocenters. The standard InChI is InChI=1S/C13H26N2/c1-11(2)15-8-6-12(7-9-15)10-14(3)13-4-5-13/h11-13H,4-10H2,1-3H3. The summed E-state index contributed by atoms with van der Waals surface area (Å²) < 4.78 is 0. The first kappa shape index (κ1) is 11.4. The van der Waals surface area contributed by atoms with E-state index in [2.05, 4.69) is 30.7 Å².